The third kappa shape index (κ3) is 4.28. The molecule has 0 spiro atoms. The Morgan fingerprint density at radius 1 is 1.07 bits per heavy atom. The number of carbonyl (C=O) groups excluding carboxylic acids is 1. The lowest BCUT2D eigenvalue weighted by Gasteiger charge is -2.21. The van der Waals surface area contributed by atoms with E-state index < -0.39 is 18.4 Å². The van der Waals surface area contributed by atoms with E-state index in [0.717, 1.165) is 0 Å². The number of nitrogens with zero attached hydrogens (tertiary/aromatic N) is 1. The lowest BCUT2D eigenvalue weighted by Crippen LogP contribution is -2.28. The molecule has 0 aliphatic heterocycles. The molecule has 0 saturated carbocycles. The summed E-state index contributed by atoms with van der Waals surface area (Å²) in [6.07, 6.45) is -8.41. The molecule has 3 rings (SSSR count). The predicted molar refractivity (Wildman–Crippen MR) is 92.0 cm³/mol. The molecule has 1 amide bonds. The standard InChI is InChI=1S/C19H15F3N2O3/c1-12-15(16(24-27-12)13-8-4-2-5-9-13)23-18(25)26-17(19(20,21)22)14-10-6-3-7-11-14/h2-11,17H,1H3,(H,23,25). The highest BCUT2D eigenvalue weighted by molar-refractivity contribution is 5.91. The monoisotopic (exact) mass is 376 g/mol. The molecule has 0 saturated heterocycles. The van der Waals surface area contributed by atoms with Crippen LogP contribution in [0.2, 0.25) is 0 Å². The van der Waals surface area contributed by atoms with Gasteiger partial charge >= 0.3 is 12.3 Å². The van der Waals surface area contributed by atoms with Gasteiger partial charge in [0, 0.05) is 11.1 Å². The van der Waals surface area contributed by atoms with Crippen molar-refractivity contribution in [2.45, 2.75) is 19.2 Å². The van der Waals surface area contributed by atoms with Gasteiger partial charge in [0.05, 0.1) is 0 Å². The normalized spacial score (nSPS) is 12.4. The average Bonchev–Trinajstić information content (AvgIpc) is 3.01. The molecule has 0 fully saturated rings. The van der Waals surface area contributed by atoms with Crippen molar-refractivity contribution >= 4 is 11.8 Å². The van der Waals surface area contributed by atoms with Gasteiger partial charge in [-0.25, -0.2) is 4.79 Å². The molecule has 0 aliphatic rings. The molecule has 8 heteroatoms. The Balaban J connectivity index is 1.83. The van der Waals surface area contributed by atoms with Crippen LogP contribution in [0.1, 0.15) is 17.4 Å². The number of halogens is 3. The zero-order valence-corrected chi connectivity index (χ0v) is 14.2. The Hall–Kier alpha value is -3.29. The van der Waals surface area contributed by atoms with Crippen molar-refractivity contribution in [3.8, 4) is 11.3 Å². The van der Waals surface area contributed by atoms with E-state index in [1.807, 2.05) is 0 Å². The predicted octanol–water partition coefficient (Wildman–Crippen LogP) is 5.50. The van der Waals surface area contributed by atoms with Gasteiger partial charge in [-0.1, -0.05) is 65.8 Å². The highest BCUT2D eigenvalue weighted by atomic mass is 19.4. The molecular formula is C19H15F3N2O3. The van der Waals surface area contributed by atoms with Gasteiger partial charge in [0.1, 0.15) is 11.4 Å². The van der Waals surface area contributed by atoms with Crippen LogP contribution in [0.25, 0.3) is 11.3 Å². The number of carbonyl (C=O) groups is 1. The fourth-order valence-electron chi connectivity index (χ4n) is 2.50. The molecule has 1 heterocycles. The van der Waals surface area contributed by atoms with Gasteiger partial charge in [-0.3, -0.25) is 5.32 Å². The van der Waals surface area contributed by atoms with E-state index in [1.54, 1.807) is 36.4 Å². The van der Waals surface area contributed by atoms with Crippen molar-refractivity contribution in [3.63, 3.8) is 0 Å². The van der Waals surface area contributed by atoms with E-state index in [-0.39, 0.29) is 17.0 Å². The molecule has 5 nitrogen and oxygen atoms in total. The molecule has 27 heavy (non-hydrogen) atoms. The van der Waals surface area contributed by atoms with E-state index in [0.29, 0.717) is 11.3 Å². The minimum atomic E-state index is -4.76. The highest BCUT2D eigenvalue weighted by Gasteiger charge is 2.44. The molecule has 140 valence electrons. The minimum Gasteiger partial charge on any atom is -0.431 e. The number of ether oxygens (including phenoxy) is 1. The second kappa shape index (κ2) is 7.53. The summed E-state index contributed by atoms with van der Waals surface area (Å²) < 4.78 is 49.7. The Kier molecular flexibility index (Phi) is 5.16. The van der Waals surface area contributed by atoms with Gasteiger partial charge in [0.25, 0.3) is 0 Å². The summed E-state index contributed by atoms with van der Waals surface area (Å²) in [5, 5.41) is 6.17. The van der Waals surface area contributed by atoms with Crippen LogP contribution in [0.15, 0.2) is 65.2 Å². The van der Waals surface area contributed by atoms with E-state index in [1.165, 1.54) is 31.2 Å². The topological polar surface area (TPSA) is 64.4 Å². The first kappa shape index (κ1) is 18.5. The summed E-state index contributed by atoms with van der Waals surface area (Å²) in [5.74, 6) is 0.245. The highest BCUT2D eigenvalue weighted by Crippen LogP contribution is 2.36. The van der Waals surface area contributed by atoms with Crippen LogP contribution in [0.5, 0.6) is 0 Å². The zero-order chi connectivity index (χ0) is 19.4. The van der Waals surface area contributed by atoms with E-state index >= 15 is 0 Å². The molecule has 1 atom stereocenters. The van der Waals surface area contributed by atoms with Crippen LogP contribution in [0, 0.1) is 6.92 Å². The molecule has 0 aliphatic carbocycles. The van der Waals surface area contributed by atoms with Gasteiger partial charge in [-0.2, -0.15) is 13.2 Å². The van der Waals surface area contributed by atoms with Crippen molar-refractivity contribution < 1.29 is 27.2 Å². The first-order chi connectivity index (χ1) is 12.9. The summed E-state index contributed by atoms with van der Waals surface area (Å²) in [4.78, 5) is 12.2. The van der Waals surface area contributed by atoms with Crippen LogP contribution in [-0.2, 0) is 4.74 Å². The van der Waals surface area contributed by atoms with Crippen molar-refractivity contribution in [2.24, 2.45) is 0 Å². The maximum Gasteiger partial charge on any atom is 0.429 e. The Labute approximate surface area is 152 Å². The van der Waals surface area contributed by atoms with Crippen LogP contribution in [-0.4, -0.2) is 17.4 Å². The number of alkyl halides is 3. The fourth-order valence-corrected chi connectivity index (χ4v) is 2.50. The first-order valence-corrected chi connectivity index (χ1v) is 7.97. The van der Waals surface area contributed by atoms with Gasteiger partial charge in [-0.15, -0.1) is 0 Å². The number of aromatic nitrogens is 1. The summed E-state index contributed by atoms with van der Waals surface area (Å²) in [6.45, 7) is 1.54. The van der Waals surface area contributed by atoms with Gasteiger partial charge in [0.2, 0.25) is 6.10 Å². The largest absolute Gasteiger partial charge is 0.431 e. The van der Waals surface area contributed by atoms with Crippen LogP contribution in [0.4, 0.5) is 23.7 Å². The minimum absolute atomic E-state index is 0.153. The van der Waals surface area contributed by atoms with Crippen LogP contribution in [0.3, 0.4) is 0 Å². The van der Waals surface area contributed by atoms with E-state index in [4.69, 9.17) is 4.52 Å². The van der Waals surface area contributed by atoms with Gasteiger partial charge < -0.3 is 9.26 Å². The Bertz CT molecular complexity index is 909. The van der Waals surface area contributed by atoms with Crippen molar-refractivity contribution in [2.75, 3.05) is 5.32 Å². The molecule has 1 N–H and O–H groups in total. The molecule has 3 aromatic rings. The Morgan fingerprint density at radius 2 is 1.67 bits per heavy atom. The number of nitrogens with one attached hydrogen (secondary N) is 1. The smallest absolute Gasteiger partial charge is 0.429 e. The number of benzene rings is 2. The number of rotatable bonds is 4. The fraction of sp³-hybridized carbons (Fsp3) is 0.158. The number of anilines is 1. The quantitative estimate of drug-likeness (QED) is 0.653. The number of aryl methyl sites for hydroxylation is 1. The molecule has 2 aromatic carbocycles. The lowest BCUT2D eigenvalue weighted by molar-refractivity contribution is -0.205. The average molecular weight is 376 g/mol. The van der Waals surface area contributed by atoms with Crippen LogP contribution < -0.4 is 5.32 Å². The summed E-state index contributed by atoms with van der Waals surface area (Å²) in [6, 6.07) is 15.7. The molecule has 1 unspecified atom stereocenters. The molecule has 0 radical (unpaired) electrons. The SMILES string of the molecule is Cc1onc(-c2ccccc2)c1NC(=O)OC(c1ccccc1)C(F)(F)F. The summed E-state index contributed by atoms with van der Waals surface area (Å²) in [5.41, 5.74) is 0.916. The van der Waals surface area contributed by atoms with E-state index in [2.05, 4.69) is 15.2 Å². The summed E-state index contributed by atoms with van der Waals surface area (Å²) >= 11 is 0. The second-order valence-electron chi connectivity index (χ2n) is 5.69. The number of amides is 1. The van der Waals surface area contributed by atoms with Crippen LogP contribution >= 0.6 is 0 Å². The summed E-state index contributed by atoms with van der Waals surface area (Å²) in [7, 11) is 0. The first-order valence-electron chi connectivity index (χ1n) is 7.97. The molecule has 1 aromatic heterocycles. The second-order valence-corrected chi connectivity index (χ2v) is 5.69. The van der Waals surface area contributed by atoms with Crippen molar-refractivity contribution in [1.29, 1.82) is 0 Å². The van der Waals surface area contributed by atoms with Gasteiger partial charge in [-0.05, 0) is 6.92 Å². The number of hydrogen-bond donors (Lipinski definition) is 1. The maximum atomic E-state index is 13.3. The molecular weight excluding hydrogens is 361 g/mol. The molecule has 0 bridgehead atoms. The third-order valence-electron chi connectivity index (χ3n) is 3.76. The maximum absolute atomic E-state index is 13.3. The Morgan fingerprint density at radius 3 is 2.26 bits per heavy atom. The third-order valence-corrected chi connectivity index (χ3v) is 3.76. The zero-order valence-electron chi connectivity index (χ0n) is 14.2. The number of hydrogen-bond acceptors (Lipinski definition) is 4. The lowest BCUT2D eigenvalue weighted by atomic mass is 10.1. The van der Waals surface area contributed by atoms with Crippen molar-refractivity contribution in [3.05, 3.63) is 72.0 Å². The van der Waals surface area contributed by atoms with E-state index in [9.17, 15) is 18.0 Å². The van der Waals surface area contributed by atoms with Crippen molar-refractivity contribution in [1.82, 2.24) is 5.16 Å². The van der Waals surface area contributed by atoms with Gasteiger partial charge in [0.15, 0.2) is 5.76 Å².